The zero-order chi connectivity index (χ0) is 14.0. The van der Waals surface area contributed by atoms with Crippen LogP contribution in [0.15, 0.2) is 34.9 Å². The Bertz CT molecular complexity index is 625. The van der Waals surface area contributed by atoms with E-state index in [1.54, 1.807) is 35.0 Å². The van der Waals surface area contributed by atoms with E-state index in [4.69, 9.17) is 23.2 Å². The van der Waals surface area contributed by atoms with Gasteiger partial charge in [0, 0.05) is 22.2 Å². The molecule has 100 valence electrons. The van der Waals surface area contributed by atoms with Gasteiger partial charge < -0.3 is 9.88 Å². The van der Waals surface area contributed by atoms with Crippen LogP contribution < -0.4 is 5.32 Å². The van der Waals surface area contributed by atoms with E-state index in [0.29, 0.717) is 28.0 Å². The monoisotopic (exact) mass is 360 g/mol. The van der Waals surface area contributed by atoms with Crippen LogP contribution >= 0.6 is 39.1 Å². The Balaban J connectivity index is 2.27. The van der Waals surface area contributed by atoms with E-state index in [9.17, 15) is 4.79 Å². The molecule has 0 bridgehead atoms. The lowest BCUT2D eigenvalue weighted by Gasteiger charge is -2.09. The number of anilines is 1. The lowest BCUT2D eigenvalue weighted by molar-refractivity contribution is 0.101. The van der Waals surface area contributed by atoms with Crippen LogP contribution in [-0.4, -0.2) is 10.5 Å². The number of hydrogen-bond donors (Lipinski definition) is 1. The Hall–Kier alpha value is -0.970. The summed E-state index contributed by atoms with van der Waals surface area (Å²) in [5.41, 5.74) is 1.14. The molecule has 1 heterocycles. The van der Waals surface area contributed by atoms with Gasteiger partial charge in [0.25, 0.3) is 5.91 Å². The maximum atomic E-state index is 12.2. The fourth-order valence-corrected chi connectivity index (χ4v) is 2.45. The van der Waals surface area contributed by atoms with Crippen molar-refractivity contribution < 1.29 is 4.79 Å². The lowest BCUT2D eigenvalue weighted by atomic mass is 10.3. The van der Waals surface area contributed by atoms with Gasteiger partial charge in [-0.2, -0.15) is 0 Å². The summed E-state index contributed by atoms with van der Waals surface area (Å²) in [4.78, 5) is 12.2. The number of aromatic nitrogens is 1. The largest absolute Gasteiger partial charge is 0.342 e. The summed E-state index contributed by atoms with van der Waals surface area (Å²) in [7, 11) is 0. The van der Waals surface area contributed by atoms with Crippen LogP contribution in [0.3, 0.4) is 0 Å². The first-order chi connectivity index (χ1) is 9.01. The summed E-state index contributed by atoms with van der Waals surface area (Å²) in [5.74, 6) is -0.225. The zero-order valence-corrected chi connectivity index (χ0v) is 13.2. The van der Waals surface area contributed by atoms with Crippen LogP contribution in [0.2, 0.25) is 10.0 Å². The molecule has 0 fully saturated rings. The third-order valence-electron chi connectivity index (χ3n) is 2.61. The molecule has 2 rings (SSSR count). The predicted molar refractivity (Wildman–Crippen MR) is 82.2 cm³/mol. The molecule has 0 spiro atoms. The highest BCUT2D eigenvalue weighted by Crippen LogP contribution is 2.26. The van der Waals surface area contributed by atoms with Crippen molar-refractivity contribution in [2.45, 2.75) is 13.5 Å². The first kappa shape index (κ1) is 14.4. The minimum Gasteiger partial charge on any atom is -0.342 e. The van der Waals surface area contributed by atoms with Gasteiger partial charge in [0.2, 0.25) is 0 Å². The summed E-state index contributed by atoms with van der Waals surface area (Å²) < 4.78 is 2.56. The Morgan fingerprint density at radius 1 is 1.32 bits per heavy atom. The molecule has 0 atom stereocenters. The van der Waals surface area contributed by atoms with Gasteiger partial charge in [0.15, 0.2) is 0 Å². The number of aryl methyl sites for hydroxylation is 1. The fraction of sp³-hybridized carbons (Fsp3) is 0.154. The first-order valence-electron chi connectivity index (χ1n) is 5.63. The van der Waals surface area contributed by atoms with Crippen LogP contribution in [0.1, 0.15) is 17.4 Å². The molecular formula is C13H11BrCl2N2O. The van der Waals surface area contributed by atoms with Crippen molar-refractivity contribution in [2.75, 3.05) is 5.32 Å². The van der Waals surface area contributed by atoms with Crippen LogP contribution in [0.25, 0.3) is 0 Å². The summed E-state index contributed by atoms with van der Waals surface area (Å²) in [6.45, 7) is 2.62. The van der Waals surface area contributed by atoms with Gasteiger partial charge >= 0.3 is 0 Å². The van der Waals surface area contributed by atoms with E-state index in [0.717, 1.165) is 4.47 Å². The Morgan fingerprint density at radius 3 is 2.74 bits per heavy atom. The maximum absolute atomic E-state index is 12.2. The normalized spacial score (nSPS) is 10.5. The van der Waals surface area contributed by atoms with Crippen LogP contribution in [-0.2, 0) is 6.54 Å². The number of carbonyl (C=O) groups is 1. The van der Waals surface area contributed by atoms with Crippen molar-refractivity contribution in [1.82, 2.24) is 4.57 Å². The van der Waals surface area contributed by atoms with Crippen LogP contribution in [0.4, 0.5) is 5.69 Å². The second-order valence-electron chi connectivity index (χ2n) is 3.91. The molecule has 0 saturated heterocycles. The average molecular weight is 362 g/mol. The van der Waals surface area contributed by atoms with Gasteiger partial charge in [0.05, 0.1) is 10.7 Å². The third kappa shape index (κ3) is 3.32. The van der Waals surface area contributed by atoms with Crippen molar-refractivity contribution in [3.8, 4) is 0 Å². The highest BCUT2D eigenvalue weighted by atomic mass is 79.9. The fourth-order valence-electron chi connectivity index (χ4n) is 1.71. The Kier molecular flexibility index (Phi) is 4.55. The number of amides is 1. The smallest absolute Gasteiger partial charge is 0.272 e. The van der Waals surface area contributed by atoms with Crippen molar-refractivity contribution in [3.63, 3.8) is 0 Å². The summed E-state index contributed by atoms with van der Waals surface area (Å²) in [5, 5.41) is 3.90. The summed E-state index contributed by atoms with van der Waals surface area (Å²) in [6, 6.07) is 6.85. The predicted octanol–water partition coefficient (Wildman–Crippen LogP) is 4.83. The Morgan fingerprint density at radius 2 is 2.05 bits per heavy atom. The molecule has 0 unspecified atom stereocenters. The van der Waals surface area contributed by atoms with Crippen LogP contribution in [0.5, 0.6) is 0 Å². The SMILES string of the molecule is CCn1cc(Cl)cc1C(=O)Nc1cc(Cl)ccc1Br. The lowest BCUT2D eigenvalue weighted by Crippen LogP contribution is -2.16. The highest BCUT2D eigenvalue weighted by molar-refractivity contribution is 9.10. The molecule has 1 aromatic carbocycles. The van der Waals surface area contributed by atoms with E-state index >= 15 is 0 Å². The molecule has 3 nitrogen and oxygen atoms in total. The third-order valence-corrected chi connectivity index (χ3v) is 3.75. The minimum absolute atomic E-state index is 0.225. The van der Waals surface area contributed by atoms with Crippen molar-refractivity contribution in [2.24, 2.45) is 0 Å². The van der Waals surface area contributed by atoms with E-state index in [-0.39, 0.29) is 5.91 Å². The molecule has 0 aliphatic heterocycles. The highest BCUT2D eigenvalue weighted by Gasteiger charge is 2.14. The maximum Gasteiger partial charge on any atom is 0.272 e. The van der Waals surface area contributed by atoms with E-state index in [2.05, 4.69) is 21.2 Å². The molecule has 1 aromatic heterocycles. The van der Waals surface area contributed by atoms with Crippen LogP contribution in [0, 0.1) is 0 Å². The van der Waals surface area contributed by atoms with E-state index in [1.165, 1.54) is 0 Å². The summed E-state index contributed by atoms with van der Waals surface area (Å²) >= 11 is 15.2. The number of nitrogens with zero attached hydrogens (tertiary/aromatic N) is 1. The van der Waals surface area contributed by atoms with Crippen molar-refractivity contribution in [1.29, 1.82) is 0 Å². The van der Waals surface area contributed by atoms with Gasteiger partial charge in [-0.15, -0.1) is 0 Å². The number of rotatable bonds is 3. The molecule has 0 aliphatic carbocycles. The molecule has 1 amide bonds. The first-order valence-corrected chi connectivity index (χ1v) is 7.18. The molecule has 0 aliphatic rings. The molecule has 0 radical (unpaired) electrons. The minimum atomic E-state index is -0.225. The molecule has 2 aromatic rings. The van der Waals surface area contributed by atoms with E-state index < -0.39 is 0 Å². The topological polar surface area (TPSA) is 34.0 Å². The molecule has 19 heavy (non-hydrogen) atoms. The van der Waals surface area contributed by atoms with Crippen molar-refractivity contribution in [3.05, 3.63) is 50.7 Å². The molecular weight excluding hydrogens is 351 g/mol. The molecule has 1 N–H and O–H groups in total. The van der Waals surface area contributed by atoms with Gasteiger partial charge in [-0.05, 0) is 47.1 Å². The molecule has 6 heteroatoms. The second-order valence-corrected chi connectivity index (χ2v) is 5.64. The van der Waals surface area contributed by atoms with Gasteiger partial charge in [-0.1, -0.05) is 23.2 Å². The number of nitrogens with one attached hydrogen (secondary N) is 1. The number of hydrogen-bond acceptors (Lipinski definition) is 1. The second kappa shape index (κ2) is 5.99. The summed E-state index contributed by atoms with van der Waals surface area (Å²) in [6.07, 6.45) is 1.73. The molecule has 0 saturated carbocycles. The number of carbonyl (C=O) groups excluding carboxylic acids is 1. The standard InChI is InChI=1S/C13H11BrCl2N2O/c1-2-18-7-9(16)6-12(18)13(19)17-11-5-8(15)3-4-10(11)14/h3-7H,2H2,1H3,(H,17,19). The number of benzene rings is 1. The zero-order valence-electron chi connectivity index (χ0n) is 10.1. The number of halogens is 3. The van der Waals surface area contributed by atoms with Crippen molar-refractivity contribution >= 4 is 50.7 Å². The van der Waals surface area contributed by atoms with Gasteiger partial charge in [0.1, 0.15) is 5.69 Å². The Labute approximate surface area is 129 Å². The van der Waals surface area contributed by atoms with E-state index in [1.807, 2.05) is 6.92 Å². The average Bonchev–Trinajstić information content (AvgIpc) is 2.75. The van der Waals surface area contributed by atoms with Gasteiger partial charge in [-0.3, -0.25) is 4.79 Å². The van der Waals surface area contributed by atoms with Gasteiger partial charge in [-0.25, -0.2) is 0 Å². The quantitative estimate of drug-likeness (QED) is 0.834.